The largest absolute Gasteiger partial charge is 0.790 e. The molecule has 0 aromatic carbocycles. The van der Waals surface area contributed by atoms with Gasteiger partial charge in [0.2, 0.25) is 0 Å². The molecule has 0 aromatic rings. The summed E-state index contributed by atoms with van der Waals surface area (Å²) in [5, 5.41) is 0. The normalized spacial score (nSPS) is 13.3. The molecule has 0 bridgehead atoms. The van der Waals surface area contributed by atoms with Crippen LogP contribution in [0.25, 0.3) is 0 Å². The van der Waals surface area contributed by atoms with E-state index in [1.165, 1.54) is 0 Å². The molecule has 0 fully saturated rings. The standard InChI is InChI=1S/C8H19O4P/c1-4-5-6-7-8(2,3)12-13(9,10)11/h4-7H2,1-3H3,(H2,9,10,11)/p-2. The Hall–Kier alpha value is 0.110. The van der Waals surface area contributed by atoms with E-state index in [4.69, 9.17) is 0 Å². The SMILES string of the molecule is CCCCCC(C)(C)OP(=O)([O-])[O-]. The van der Waals surface area contributed by atoms with Gasteiger partial charge >= 0.3 is 0 Å². The van der Waals surface area contributed by atoms with E-state index in [2.05, 4.69) is 11.4 Å². The van der Waals surface area contributed by atoms with Crippen LogP contribution in [-0.2, 0) is 9.09 Å². The van der Waals surface area contributed by atoms with Crippen LogP contribution in [-0.4, -0.2) is 5.60 Å². The fourth-order valence-electron chi connectivity index (χ4n) is 1.15. The molecule has 0 aromatic heterocycles. The van der Waals surface area contributed by atoms with Gasteiger partial charge in [0.25, 0.3) is 0 Å². The lowest BCUT2D eigenvalue weighted by Crippen LogP contribution is -2.29. The smallest absolute Gasteiger partial charge is 0.0678 e. The zero-order chi connectivity index (χ0) is 10.5. The summed E-state index contributed by atoms with van der Waals surface area (Å²) in [4.78, 5) is 20.7. The first-order valence-corrected chi connectivity index (χ1v) is 5.96. The lowest BCUT2D eigenvalue weighted by molar-refractivity contribution is -0.348. The molecule has 5 heteroatoms. The van der Waals surface area contributed by atoms with E-state index in [-0.39, 0.29) is 0 Å². The fraction of sp³-hybridized carbons (Fsp3) is 1.00. The van der Waals surface area contributed by atoms with Gasteiger partial charge in [-0.2, -0.15) is 0 Å². The number of rotatable bonds is 6. The van der Waals surface area contributed by atoms with Crippen molar-refractivity contribution in [1.29, 1.82) is 0 Å². The van der Waals surface area contributed by atoms with Gasteiger partial charge in [0, 0.05) is 0 Å². The Kier molecular flexibility index (Phi) is 5.15. The van der Waals surface area contributed by atoms with Crippen molar-refractivity contribution >= 4 is 7.82 Å². The Balaban J connectivity index is 3.87. The van der Waals surface area contributed by atoms with Crippen LogP contribution in [0.1, 0.15) is 46.5 Å². The zero-order valence-corrected chi connectivity index (χ0v) is 9.30. The minimum atomic E-state index is -4.84. The highest BCUT2D eigenvalue weighted by Crippen LogP contribution is 2.35. The molecule has 80 valence electrons. The Labute approximate surface area is 79.5 Å². The lowest BCUT2D eigenvalue weighted by Gasteiger charge is -2.38. The second-order valence-electron chi connectivity index (χ2n) is 3.76. The second-order valence-corrected chi connectivity index (χ2v) is 4.83. The van der Waals surface area contributed by atoms with Gasteiger partial charge < -0.3 is 18.9 Å². The fourth-order valence-corrected chi connectivity index (χ4v) is 1.85. The topological polar surface area (TPSA) is 72.4 Å². The maximum Gasteiger partial charge on any atom is 0.0678 e. The predicted octanol–water partition coefficient (Wildman–Crippen LogP) is 1.19. The van der Waals surface area contributed by atoms with Crippen molar-refractivity contribution in [2.24, 2.45) is 0 Å². The first-order chi connectivity index (χ1) is 5.77. The molecule has 0 N–H and O–H groups in total. The van der Waals surface area contributed by atoms with E-state index in [1.807, 2.05) is 0 Å². The minimum Gasteiger partial charge on any atom is -0.790 e. The summed E-state index contributed by atoms with van der Waals surface area (Å²) in [6.07, 6.45) is 3.55. The number of unbranched alkanes of at least 4 members (excludes halogenated alkanes) is 2. The summed E-state index contributed by atoms with van der Waals surface area (Å²) in [5.41, 5.74) is -0.853. The van der Waals surface area contributed by atoms with Gasteiger partial charge in [0.15, 0.2) is 0 Å². The van der Waals surface area contributed by atoms with Gasteiger partial charge in [-0.15, -0.1) is 0 Å². The zero-order valence-electron chi connectivity index (χ0n) is 8.41. The summed E-state index contributed by atoms with van der Waals surface area (Å²) >= 11 is 0. The second kappa shape index (κ2) is 5.11. The summed E-state index contributed by atoms with van der Waals surface area (Å²) in [6, 6.07) is 0. The molecule has 0 rings (SSSR count). The molecule has 0 spiro atoms. The third-order valence-electron chi connectivity index (χ3n) is 1.74. The van der Waals surface area contributed by atoms with Crippen molar-refractivity contribution in [3.8, 4) is 0 Å². The van der Waals surface area contributed by atoms with Crippen LogP contribution < -0.4 is 9.79 Å². The Morgan fingerprint density at radius 3 is 2.23 bits per heavy atom. The van der Waals surface area contributed by atoms with Crippen LogP contribution in [0.2, 0.25) is 0 Å². The maximum absolute atomic E-state index is 10.3. The number of hydrogen-bond donors (Lipinski definition) is 0. The quantitative estimate of drug-likeness (QED) is 0.485. The minimum absolute atomic E-state index is 0.593. The molecule has 0 aliphatic rings. The van der Waals surface area contributed by atoms with Gasteiger partial charge in [-0.3, -0.25) is 0 Å². The van der Waals surface area contributed by atoms with Crippen molar-refractivity contribution in [3.05, 3.63) is 0 Å². The predicted molar refractivity (Wildman–Crippen MR) is 46.9 cm³/mol. The van der Waals surface area contributed by atoms with Crippen molar-refractivity contribution in [3.63, 3.8) is 0 Å². The van der Waals surface area contributed by atoms with E-state index in [0.717, 1.165) is 19.3 Å². The van der Waals surface area contributed by atoms with E-state index < -0.39 is 13.4 Å². The summed E-state index contributed by atoms with van der Waals surface area (Å²) in [6.45, 7) is 5.29. The van der Waals surface area contributed by atoms with Crippen LogP contribution in [0.3, 0.4) is 0 Å². The highest BCUT2D eigenvalue weighted by molar-refractivity contribution is 7.43. The van der Waals surface area contributed by atoms with Crippen LogP contribution in [0.5, 0.6) is 0 Å². The summed E-state index contributed by atoms with van der Waals surface area (Å²) in [5.74, 6) is 0. The van der Waals surface area contributed by atoms with Gasteiger partial charge in [-0.05, 0) is 20.3 Å². The van der Waals surface area contributed by atoms with E-state index in [9.17, 15) is 14.4 Å². The van der Waals surface area contributed by atoms with Gasteiger partial charge in [0.05, 0.1) is 13.4 Å². The number of phosphoric acid groups is 1. The van der Waals surface area contributed by atoms with E-state index in [1.54, 1.807) is 13.8 Å². The van der Waals surface area contributed by atoms with Crippen molar-refractivity contribution in [1.82, 2.24) is 0 Å². The Bertz CT molecular complexity index is 185. The highest BCUT2D eigenvalue weighted by atomic mass is 31.2. The van der Waals surface area contributed by atoms with Crippen LogP contribution in [0.15, 0.2) is 0 Å². The molecular weight excluding hydrogens is 191 g/mol. The highest BCUT2D eigenvalue weighted by Gasteiger charge is 2.19. The molecule has 0 radical (unpaired) electrons. The molecule has 0 atom stereocenters. The third-order valence-corrected chi connectivity index (χ3v) is 2.46. The maximum atomic E-state index is 10.3. The molecule has 0 unspecified atom stereocenters. The number of phosphoric ester groups is 1. The molecule has 0 saturated heterocycles. The van der Waals surface area contributed by atoms with Crippen LogP contribution in [0.4, 0.5) is 0 Å². The van der Waals surface area contributed by atoms with Gasteiger partial charge in [0.1, 0.15) is 0 Å². The molecule has 0 amide bonds. The summed E-state index contributed by atoms with van der Waals surface area (Å²) in [7, 11) is -4.84. The van der Waals surface area contributed by atoms with Crippen molar-refractivity contribution in [2.45, 2.75) is 52.1 Å². The van der Waals surface area contributed by atoms with Crippen molar-refractivity contribution < 1.29 is 18.9 Å². The molecule has 0 saturated carbocycles. The third kappa shape index (κ3) is 8.44. The summed E-state index contributed by atoms with van der Waals surface area (Å²) < 4.78 is 14.7. The lowest BCUT2D eigenvalue weighted by atomic mass is 10.0. The van der Waals surface area contributed by atoms with Gasteiger partial charge in [-0.25, -0.2) is 0 Å². The Morgan fingerprint density at radius 1 is 1.31 bits per heavy atom. The Morgan fingerprint density at radius 2 is 1.85 bits per heavy atom. The molecular formula is C8H17O4P-2. The van der Waals surface area contributed by atoms with E-state index >= 15 is 0 Å². The molecule has 4 nitrogen and oxygen atoms in total. The van der Waals surface area contributed by atoms with E-state index in [0.29, 0.717) is 6.42 Å². The number of hydrogen-bond acceptors (Lipinski definition) is 4. The average molecular weight is 208 g/mol. The van der Waals surface area contributed by atoms with Crippen molar-refractivity contribution in [2.75, 3.05) is 0 Å². The first kappa shape index (κ1) is 13.1. The average Bonchev–Trinajstić information content (AvgIpc) is 1.81. The van der Waals surface area contributed by atoms with Crippen LogP contribution >= 0.6 is 7.82 Å². The van der Waals surface area contributed by atoms with Gasteiger partial charge in [-0.1, -0.05) is 26.2 Å². The van der Waals surface area contributed by atoms with Crippen LogP contribution in [0, 0.1) is 0 Å². The first-order valence-electron chi connectivity index (χ1n) is 4.50. The monoisotopic (exact) mass is 208 g/mol. The molecule has 0 heterocycles. The molecule has 0 aliphatic heterocycles. The molecule has 13 heavy (non-hydrogen) atoms. The molecule has 0 aliphatic carbocycles.